The van der Waals surface area contributed by atoms with Gasteiger partial charge in [0, 0.05) is 13.0 Å². The number of benzene rings is 1. The van der Waals surface area contributed by atoms with Crippen molar-refractivity contribution in [1.29, 1.82) is 0 Å². The number of hydrogen-bond donors (Lipinski definition) is 3. The lowest BCUT2D eigenvalue weighted by Crippen LogP contribution is -2.49. The highest BCUT2D eigenvalue weighted by molar-refractivity contribution is 5.88. The molecule has 21 heavy (non-hydrogen) atoms. The SMILES string of the molecule is NC[C@H]1CC[C@@H](C(=O)NC(Cc2ccccc2)C(N)=O)O1. The van der Waals surface area contributed by atoms with Crippen molar-refractivity contribution in [1.82, 2.24) is 5.32 Å². The van der Waals surface area contributed by atoms with E-state index in [0.29, 0.717) is 19.4 Å². The summed E-state index contributed by atoms with van der Waals surface area (Å²) in [5.74, 6) is -0.855. The lowest BCUT2D eigenvalue weighted by atomic mass is 10.0. The van der Waals surface area contributed by atoms with Gasteiger partial charge in [-0.15, -0.1) is 0 Å². The Morgan fingerprint density at radius 1 is 1.29 bits per heavy atom. The second kappa shape index (κ2) is 7.19. The first kappa shape index (κ1) is 15.5. The molecule has 2 amide bonds. The Bertz CT molecular complexity index is 492. The Kier molecular flexibility index (Phi) is 5.30. The van der Waals surface area contributed by atoms with E-state index in [0.717, 1.165) is 12.0 Å². The van der Waals surface area contributed by atoms with Crippen LogP contribution in [0.3, 0.4) is 0 Å². The molecule has 114 valence electrons. The molecule has 6 heteroatoms. The van der Waals surface area contributed by atoms with Crippen LogP contribution in [-0.2, 0) is 20.7 Å². The van der Waals surface area contributed by atoms with Crippen molar-refractivity contribution in [2.75, 3.05) is 6.54 Å². The number of hydrogen-bond acceptors (Lipinski definition) is 4. The van der Waals surface area contributed by atoms with Crippen LogP contribution >= 0.6 is 0 Å². The van der Waals surface area contributed by atoms with Gasteiger partial charge in [0.1, 0.15) is 12.1 Å². The van der Waals surface area contributed by atoms with Crippen LogP contribution in [0.25, 0.3) is 0 Å². The number of amides is 2. The van der Waals surface area contributed by atoms with Crippen LogP contribution in [-0.4, -0.2) is 36.6 Å². The van der Waals surface area contributed by atoms with E-state index >= 15 is 0 Å². The minimum atomic E-state index is -0.736. The predicted octanol–water partition coefficient (Wildman–Crippen LogP) is -0.294. The topological polar surface area (TPSA) is 107 Å². The number of nitrogens with one attached hydrogen (secondary N) is 1. The number of primary amides is 1. The molecule has 5 N–H and O–H groups in total. The zero-order valence-corrected chi connectivity index (χ0v) is 11.8. The smallest absolute Gasteiger partial charge is 0.249 e. The molecule has 1 aliphatic heterocycles. The first-order valence-corrected chi connectivity index (χ1v) is 7.09. The summed E-state index contributed by atoms with van der Waals surface area (Å²) in [5, 5.41) is 2.67. The molecule has 6 nitrogen and oxygen atoms in total. The zero-order chi connectivity index (χ0) is 15.2. The first-order valence-electron chi connectivity index (χ1n) is 7.09. The van der Waals surface area contributed by atoms with Gasteiger partial charge in [0.2, 0.25) is 11.8 Å². The summed E-state index contributed by atoms with van der Waals surface area (Å²) in [6.07, 6.45) is 1.12. The maximum Gasteiger partial charge on any atom is 0.249 e. The fraction of sp³-hybridized carbons (Fsp3) is 0.467. The summed E-state index contributed by atoms with van der Waals surface area (Å²) in [4.78, 5) is 23.6. The minimum absolute atomic E-state index is 0.0816. The van der Waals surface area contributed by atoms with Crippen LogP contribution in [0.5, 0.6) is 0 Å². The fourth-order valence-electron chi connectivity index (χ4n) is 2.41. The van der Waals surface area contributed by atoms with Gasteiger partial charge in [0.05, 0.1) is 6.10 Å². The average molecular weight is 291 g/mol. The molecule has 1 aliphatic rings. The van der Waals surface area contributed by atoms with E-state index in [9.17, 15) is 9.59 Å². The van der Waals surface area contributed by atoms with Gasteiger partial charge in [-0.05, 0) is 18.4 Å². The summed E-state index contributed by atoms with van der Waals surface area (Å²) in [6, 6.07) is 8.68. The van der Waals surface area contributed by atoms with Crippen LogP contribution in [0.4, 0.5) is 0 Å². The molecule has 1 unspecified atom stereocenters. The predicted molar refractivity (Wildman–Crippen MR) is 78.2 cm³/mol. The maximum atomic E-state index is 12.1. The third-order valence-corrected chi connectivity index (χ3v) is 3.61. The van der Waals surface area contributed by atoms with Gasteiger partial charge < -0.3 is 21.5 Å². The van der Waals surface area contributed by atoms with Crippen molar-refractivity contribution < 1.29 is 14.3 Å². The Balaban J connectivity index is 1.94. The Hall–Kier alpha value is -1.92. The molecule has 0 saturated carbocycles. The van der Waals surface area contributed by atoms with E-state index in [-0.39, 0.29) is 12.0 Å². The standard InChI is InChI=1S/C15H21N3O3/c16-9-11-6-7-13(21-11)15(20)18-12(14(17)19)8-10-4-2-1-3-5-10/h1-5,11-13H,6-9,16H2,(H2,17,19)(H,18,20)/t11-,12?,13+/m1/s1. The number of ether oxygens (including phenoxy) is 1. The summed E-state index contributed by atoms with van der Waals surface area (Å²) in [7, 11) is 0. The second-order valence-corrected chi connectivity index (χ2v) is 5.21. The largest absolute Gasteiger partial charge is 0.368 e. The van der Waals surface area contributed by atoms with E-state index < -0.39 is 18.1 Å². The number of rotatable bonds is 6. The summed E-state index contributed by atoms with van der Waals surface area (Å²) in [6.45, 7) is 0.396. The summed E-state index contributed by atoms with van der Waals surface area (Å²) >= 11 is 0. The highest BCUT2D eigenvalue weighted by atomic mass is 16.5. The summed E-state index contributed by atoms with van der Waals surface area (Å²) in [5.41, 5.74) is 11.8. The normalized spacial score (nSPS) is 22.7. The second-order valence-electron chi connectivity index (χ2n) is 5.21. The van der Waals surface area contributed by atoms with Crippen molar-refractivity contribution in [2.24, 2.45) is 11.5 Å². The van der Waals surface area contributed by atoms with E-state index in [2.05, 4.69) is 5.32 Å². The Morgan fingerprint density at radius 2 is 2.00 bits per heavy atom. The van der Waals surface area contributed by atoms with E-state index in [4.69, 9.17) is 16.2 Å². The summed E-state index contributed by atoms with van der Waals surface area (Å²) < 4.78 is 5.51. The van der Waals surface area contributed by atoms with E-state index in [1.165, 1.54) is 0 Å². The molecular weight excluding hydrogens is 270 g/mol. The van der Waals surface area contributed by atoms with Gasteiger partial charge >= 0.3 is 0 Å². The monoisotopic (exact) mass is 291 g/mol. The Morgan fingerprint density at radius 3 is 2.57 bits per heavy atom. The highest BCUT2D eigenvalue weighted by Gasteiger charge is 2.31. The quantitative estimate of drug-likeness (QED) is 0.669. The average Bonchev–Trinajstić information content (AvgIpc) is 2.96. The molecule has 0 bridgehead atoms. The van der Waals surface area contributed by atoms with Crippen LogP contribution in [0, 0.1) is 0 Å². The van der Waals surface area contributed by atoms with Crippen LogP contribution in [0.15, 0.2) is 30.3 Å². The molecule has 0 aromatic heterocycles. The maximum absolute atomic E-state index is 12.1. The lowest BCUT2D eigenvalue weighted by molar-refractivity contribution is -0.135. The zero-order valence-electron chi connectivity index (χ0n) is 11.8. The van der Waals surface area contributed by atoms with Crippen molar-refractivity contribution in [3.8, 4) is 0 Å². The van der Waals surface area contributed by atoms with Gasteiger partial charge in [0.25, 0.3) is 0 Å². The molecule has 0 spiro atoms. The molecule has 0 radical (unpaired) electrons. The van der Waals surface area contributed by atoms with Crippen LogP contribution < -0.4 is 16.8 Å². The number of nitrogens with two attached hydrogens (primary N) is 2. The lowest BCUT2D eigenvalue weighted by Gasteiger charge is -2.18. The highest BCUT2D eigenvalue weighted by Crippen LogP contribution is 2.19. The molecule has 1 saturated heterocycles. The fourth-order valence-corrected chi connectivity index (χ4v) is 2.41. The van der Waals surface area contributed by atoms with Crippen LogP contribution in [0.2, 0.25) is 0 Å². The molecule has 1 heterocycles. The van der Waals surface area contributed by atoms with Crippen molar-refractivity contribution >= 4 is 11.8 Å². The van der Waals surface area contributed by atoms with E-state index in [1.54, 1.807) is 0 Å². The molecule has 0 aliphatic carbocycles. The van der Waals surface area contributed by atoms with Gasteiger partial charge in [-0.25, -0.2) is 0 Å². The third-order valence-electron chi connectivity index (χ3n) is 3.61. The molecule has 1 aromatic carbocycles. The van der Waals surface area contributed by atoms with Crippen molar-refractivity contribution in [3.05, 3.63) is 35.9 Å². The van der Waals surface area contributed by atoms with Gasteiger partial charge in [0.15, 0.2) is 0 Å². The van der Waals surface area contributed by atoms with Gasteiger partial charge in [-0.2, -0.15) is 0 Å². The van der Waals surface area contributed by atoms with Gasteiger partial charge in [-0.3, -0.25) is 9.59 Å². The molecule has 2 rings (SSSR count). The van der Waals surface area contributed by atoms with E-state index in [1.807, 2.05) is 30.3 Å². The third kappa shape index (κ3) is 4.27. The molecular formula is C15H21N3O3. The Labute approximate surface area is 123 Å². The van der Waals surface area contributed by atoms with Crippen LogP contribution in [0.1, 0.15) is 18.4 Å². The molecule has 1 aromatic rings. The number of carbonyl (C=O) groups excluding carboxylic acids is 2. The molecule has 3 atom stereocenters. The van der Waals surface area contributed by atoms with Crippen molar-refractivity contribution in [3.63, 3.8) is 0 Å². The van der Waals surface area contributed by atoms with Crippen molar-refractivity contribution in [2.45, 2.75) is 37.5 Å². The minimum Gasteiger partial charge on any atom is -0.368 e. The number of carbonyl (C=O) groups is 2. The molecule has 1 fully saturated rings. The first-order chi connectivity index (χ1) is 10.1. The van der Waals surface area contributed by atoms with Gasteiger partial charge in [-0.1, -0.05) is 30.3 Å².